The first-order valence-corrected chi connectivity index (χ1v) is 11.9. The molecule has 1 aliphatic carbocycles. The summed E-state index contributed by atoms with van der Waals surface area (Å²) in [5.74, 6) is -0.831. The smallest absolute Gasteiger partial charge is 0.338 e. The van der Waals surface area contributed by atoms with Crippen LogP contribution in [0, 0.1) is 5.92 Å². The van der Waals surface area contributed by atoms with Crippen molar-refractivity contribution in [1.29, 1.82) is 0 Å². The zero-order valence-corrected chi connectivity index (χ0v) is 17.7. The summed E-state index contributed by atoms with van der Waals surface area (Å²) in [7, 11) is -3.72. The van der Waals surface area contributed by atoms with Gasteiger partial charge in [0.25, 0.3) is 0 Å². The molecule has 160 valence electrons. The highest BCUT2D eigenvalue weighted by atomic mass is 32.2. The molecule has 1 saturated carbocycles. The highest BCUT2D eigenvalue weighted by molar-refractivity contribution is 7.89. The fourth-order valence-corrected chi connectivity index (χ4v) is 5.59. The third-order valence-electron chi connectivity index (χ3n) is 5.71. The Kier molecular flexibility index (Phi) is 7.29. The molecule has 7 nitrogen and oxygen atoms in total. The quantitative estimate of drug-likeness (QED) is 0.712. The summed E-state index contributed by atoms with van der Waals surface area (Å²) in [4.78, 5) is 24.6. The lowest BCUT2D eigenvalue weighted by atomic mass is 9.93. The molecule has 2 aliphatic rings. The minimum atomic E-state index is -3.72. The lowest BCUT2D eigenvalue weighted by molar-refractivity contribution is -0.127. The number of carbonyl (C=O) groups is 2. The van der Waals surface area contributed by atoms with E-state index >= 15 is 0 Å². The van der Waals surface area contributed by atoms with Crippen molar-refractivity contribution in [3.05, 3.63) is 29.8 Å². The average molecular weight is 423 g/mol. The summed E-state index contributed by atoms with van der Waals surface area (Å²) in [6, 6.07) is 5.99. The molecule has 0 spiro atoms. The lowest BCUT2D eigenvalue weighted by Crippen LogP contribution is -2.47. The van der Waals surface area contributed by atoms with Gasteiger partial charge in [0.2, 0.25) is 15.9 Å². The van der Waals surface area contributed by atoms with Crippen molar-refractivity contribution in [2.75, 3.05) is 19.7 Å². The van der Waals surface area contributed by atoms with E-state index in [4.69, 9.17) is 4.74 Å². The molecule has 29 heavy (non-hydrogen) atoms. The molecule has 1 unspecified atom stereocenters. The topological polar surface area (TPSA) is 92.8 Å². The molecule has 0 aromatic heterocycles. The molecule has 1 amide bonds. The molecule has 1 aromatic carbocycles. The first-order chi connectivity index (χ1) is 13.9. The van der Waals surface area contributed by atoms with Crippen molar-refractivity contribution in [2.45, 2.75) is 62.8 Å². The van der Waals surface area contributed by atoms with Gasteiger partial charge >= 0.3 is 5.97 Å². The van der Waals surface area contributed by atoms with E-state index in [1.165, 1.54) is 35.0 Å². The second kappa shape index (κ2) is 9.71. The van der Waals surface area contributed by atoms with Gasteiger partial charge in [0, 0.05) is 19.1 Å². The number of esters is 1. The van der Waals surface area contributed by atoms with Gasteiger partial charge in [0.05, 0.1) is 23.0 Å². The van der Waals surface area contributed by atoms with Crippen LogP contribution in [0.4, 0.5) is 0 Å². The van der Waals surface area contributed by atoms with Gasteiger partial charge in [-0.05, 0) is 56.9 Å². The van der Waals surface area contributed by atoms with Gasteiger partial charge < -0.3 is 10.1 Å². The van der Waals surface area contributed by atoms with Crippen LogP contribution in [0.25, 0.3) is 0 Å². The van der Waals surface area contributed by atoms with Gasteiger partial charge in [-0.1, -0.05) is 19.3 Å². The van der Waals surface area contributed by atoms with E-state index in [0.29, 0.717) is 24.9 Å². The van der Waals surface area contributed by atoms with Crippen LogP contribution in [0.5, 0.6) is 0 Å². The van der Waals surface area contributed by atoms with Crippen LogP contribution in [0.15, 0.2) is 29.2 Å². The second-order valence-corrected chi connectivity index (χ2v) is 9.73. The third-order valence-corrected chi connectivity index (χ3v) is 7.59. The maximum absolute atomic E-state index is 13.0. The van der Waals surface area contributed by atoms with Crippen molar-refractivity contribution in [3.8, 4) is 0 Å². The van der Waals surface area contributed by atoms with E-state index in [9.17, 15) is 18.0 Å². The zero-order valence-electron chi connectivity index (χ0n) is 16.9. The zero-order chi connectivity index (χ0) is 20.9. The van der Waals surface area contributed by atoms with Crippen molar-refractivity contribution < 1.29 is 22.7 Å². The van der Waals surface area contributed by atoms with Gasteiger partial charge in [-0.15, -0.1) is 0 Å². The summed E-state index contributed by atoms with van der Waals surface area (Å²) >= 11 is 0. The predicted octanol–water partition coefficient (Wildman–Crippen LogP) is 2.71. The summed E-state index contributed by atoms with van der Waals surface area (Å²) in [5, 5.41) is 3.12. The van der Waals surface area contributed by atoms with Gasteiger partial charge in [-0.3, -0.25) is 4.79 Å². The first-order valence-electron chi connectivity index (χ1n) is 10.5. The standard InChI is InChI=1S/C21H30N2O5S/c1-2-28-21(25)16-10-12-19(13-11-16)29(26,27)23-14-6-7-17(15-23)20(24)22-18-8-4-3-5-9-18/h10-13,17-18H,2-9,14-15H2,1H3,(H,22,24). The highest BCUT2D eigenvalue weighted by Gasteiger charge is 2.34. The van der Waals surface area contributed by atoms with Crippen molar-refractivity contribution >= 4 is 21.9 Å². The minimum absolute atomic E-state index is 0.0329. The number of hydrogen-bond donors (Lipinski definition) is 1. The number of piperidine rings is 1. The number of ether oxygens (including phenoxy) is 1. The van der Waals surface area contributed by atoms with Crippen molar-refractivity contribution in [2.24, 2.45) is 5.92 Å². The van der Waals surface area contributed by atoms with Crippen LogP contribution in [-0.2, 0) is 19.6 Å². The summed E-state index contributed by atoms with van der Waals surface area (Å²) < 4.78 is 32.4. The van der Waals surface area contributed by atoms with E-state index in [0.717, 1.165) is 25.7 Å². The summed E-state index contributed by atoms with van der Waals surface area (Å²) in [6.07, 6.45) is 6.86. The fourth-order valence-electron chi connectivity index (χ4n) is 4.07. The molecule has 1 aliphatic heterocycles. The van der Waals surface area contributed by atoms with Crippen LogP contribution < -0.4 is 5.32 Å². The predicted molar refractivity (Wildman–Crippen MR) is 109 cm³/mol. The Hall–Kier alpha value is -1.93. The fraction of sp³-hybridized carbons (Fsp3) is 0.619. The Labute approximate surface area is 172 Å². The average Bonchev–Trinajstić information content (AvgIpc) is 2.75. The highest BCUT2D eigenvalue weighted by Crippen LogP contribution is 2.25. The minimum Gasteiger partial charge on any atom is -0.462 e. The van der Waals surface area contributed by atoms with Crippen LogP contribution in [0.2, 0.25) is 0 Å². The molecule has 1 aromatic rings. The van der Waals surface area contributed by atoms with Gasteiger partial charge in [0.15, 0.2) is 0 Å². The molecular weight excluding hydrogens is 392 g/mol. The number of sulfonamides is 1. The Morgan fingerprint density at radius 1 is 1.07 bits per heavy atom. The Balaban J connectivity index is 1.65. The van der Waals surface area contributed by atoms with Crippen molar-refractivity contribution in [1.82, 2.24) is 9.62 Å². The lowest BCUT2D eigenvalue weighted by Gasteiger charge is -2.32. The Bertz CT molecular complexity index is 816. The second-order valence-electron chi connectivity index (χ2n) is 7.79. The van der Waals surface area contributed by atoms with Crippen LogP contribution >= 0.6 is 0 Å². The Morgan fingerprint density at radius 3 is 2.41 bits per heavy atom. The normalized spacial score (nSPS) is 21.5. The van der Waals surface area contributed by atoms with Crippen LogP contribution in [-0.4, -0.2) is 50.3 Å². The SMILES string of the molecule is CCOC(=O)c1ccc(S(=O)(=O)N2CCCC(C(=O)NC3CCCCC3)C2)cc1. The third kappa shape index (κ3) is 5.36. The number of amides is 1. The maximum atomic E-state index is 13.0. The molecule has 2 fully saturated rings. The van der Waals surface area contributed by atoms with Gasteiger partial charge in [0.1, 0.15) is 0 Å². The number of carbonyl (C=O) groups excluding carboxylic acids is 2. The number of benzene rings is 1. The molecule has 3 rings (SSSR count). The summed E-state index contributed by atoms with van der Waals surface area (Å²) in [6.45, 7) is 2.57. The molecular formula is C21H30N2O5S. The molecule has 1 N–H and O–H groups in total. The van der Waals surface area contributed by atoms with Crippen molar-refractivity contribution in [3.63, 3.8) is 0 Å². The van der Waals surface area contributed by atoms with Crippen LogP contribution in [0.1, 0.15) is 62.2 Å². The number of rotatable bonds is 6. The van der Waals surface area contributed by atoms with E-state index in [1.54, 1.807) is 6.92 Å². The molecule has 1 heterocycles. The molecule has 8 heteroatoms. The monoisotopic (exact) mass is 422 g/mol. The van der Waals surface area contributed by atoms with Gasteiger partial charge in [-0.2, -0.15) is 4.31 Å². The summed E-state index contributed by atoms with van der Waals surface area (Å²) in [5.41, 5.74) is 0.314. The molecule has 0 radical (unpaired) electrons. The first kappa shape index (κ1) is 21.8. The largest absolute Gasteiger partial charge is 0.462 e. The van der Waals surface area contributed by atoms with E-state index in [1.807, 2.05) is 0 Å². The molecule has 1 saturated heterocycles. The van der Waals surface area contributed by atoms with E-state index in [-0.39, 0.29) is 35.9 Å². The van der Waals surface area contributed by atoms with Gasteiger partial charge in [-0.25, -0.2) is 13.2 Å². The van der Waals surface area contributed by atoms with Crippen LogP contribution in [0.3, 0.4) is 0 Å². The Morgan fingerprint density at radius 2 is 1.76 bits per heavy atom. The van der Waals surface area contributed by atoms with E-state index in [2.05, 4.69) is 5.32 Å². The molecule has 1 atom stereocenters. The molecule has 0 bridgehead atoms. The number of nitrogens with one attached hydrogen (secondary N) is 1. The van der Waals surface area contributed by atoms with E-state index < -0.39 is 16.0 Å². The maximum Gasteiger partial charge on any atom is 0.338 e. The number of nitrogens with zero attached hydrogens (tertiary/aromatic N) is 1. The number of hydrogen-bond acceptors (Lipinski definition) is 5.